The van der Waals surface area contributed by atoms with E-state index in [9.17, 15) is 9.67 Å². The van der Waals surface area contributed by atoms with Gasteiger partial charge in [0.25, 0.3) is 7.37 Å². The van der Waals surface area contributed by atoms with E-state index < -0.39 is 13.2 Å². The van der Waals surface area contributed by atoms with Crippen molar-refractivity contribution < 1.29 is 14.2 Å². The zero-order valence-corrected chi connectivity index (χ0v) is 15.5. The van der Waals surface area contributed by atoms with Crippen LogP contribution in [0.1, 0.15) is 25.3 Å². The molecule has 6 heteroatoms. The summed E-state index contributed by atoms with van der Waals surface area (Å²) >= 11 is 0. The molecule has 0 aliphatic heterocycles. The van der Waals surface area contributed by atoms with Crippen LogP contribution in [0.25, 0.3) is 0 Å². The molecule has 0 radical (unpaired) electrons. The number of aliphatic hydroxyl groups excluding tert-OH is 1. The van der Waals surface area contributed by atoms with Gasteiger partial charge in [0.2, 0.25) is 0 Å². The Labute approximate surface area is 143 Å². The first-order valence-electron chi connectivity index (χ1n) is 7.95. The minimum atomic E-state index is -3.49. The molecule has 2 aromatic rings. The summed E-state index contributed by atoms with van der Waals surface area (Å²) in [5, 5.41) is 11.3. The Morgan fingerprint density at radius 3 is 2.38 bits per heavy atom. The molecule has 1 aromatic carbocycles. The van der Waals surface area contributed by atoms with Crippen molar-refractivity contribution >= 4 is 18.4 Å². The number of benzene rings is 1. The van der Waals surface area contributed by atoms with Gasteiger partial charge in [-0.15, -0.1) is 0 Å². The molecule has 0 saturated carbocycles. The largest absolute Gasteiger partial charge is 0.378 e. The highest BCUT2D eigenvalue weighted by Gasteiger charge is 2.36. The Bertz CT molecular complexity index is 687. The summed E-state index contributed by atoms with van der Waals surface area (Å²) in [7, 11) is 0.386. The van der Waals surface area contributed by atoms with Gasteiger partial charge in [-0.3, -0.25) is 9.55 Å². The Morgan fingerprint density at radius 2 is 1.88 bits per heavy atom. The van der Waals surface area contributed by atoms with Gasteiger partial charge in [-0.05, 0) is 36.2 Å². The molecule has 1 N–H and O–H groups in total. The molecule has 2 rings (SSSR count). The zero-order valence-electron chi connectivity index (χ0n) is 14.6. The normalized spacial score (nSPS) is 15.1. The van der Waals surface area contributed by atoms with Gasteiger partial charge in [-0.25, -0.2) is 0 Å². The van der Waals surface area contributed by atoms with Gasteiger partial charge in [-0.1, -0.05) is 19.9 Å². The summed E-state index contributed by atoms with van der Waals surface area (Å²) in [5.41, 5.74) is 1.48. The van der Waals surface area contributed by atoms with E-state index in [2.05, 4.69) is 4.98 Å². The molecule has 0 saturated heterocycles. The van der Waals surface area contributed by atoms with Crippen molar-refractivity contribution in [3.8, 4) is 0 Å². The van der Waals surface area contributed by atoms with Crippen molar-refractivity contribution in [1.82, 2.24) is 4.98 Å². The fraction of sp³-hybridized carbons (Fsp3) is 0.389. The number of hydrogen-bond donors (Lipinski definition) is 1. The van der Waals surface area contributed by atoms with Crippen LogP contribution < -0.4 is 10.2 Å². The van der Waals surface area contributed by atoms with Crippen LogP contribution in [0.3, 0.4) is 0 Å². The van der Waals surface area contributed by atoms with E-state index in [1.807, 2.05) is 45.0 Å². The summed E-state index contributed by atoms with van der Waals surface area (Å²) in [6.07, 6.45) is 3.13. The third-order valence-electron chi connectivity index (χ3n) is 3.63. The van der Waals surface area contributed by atoms with Crippen LogP contribution >= 0.6 is 7.37 Å². The van der Waals surface area contributed by atoms with Gasteiger partial charge in [0.05, 0.1) is 6.61 Å². The van der Waals surface area contributed by atoms with E-state index in [1.54, 1.807) is 30.5 Å². The molecule has 0 amide bonds. The minimum absolute atomic E-state index is 0.209. The summed E-state index contributed by atoms with van der Waals surface area (Å²) < 4.78 is 19.3. The van der Waals surface area contributed by atoms with Gasteiger partial charge in [-0.2, -0.15) is 0 Å². The van der Waals surface area contributed by atoms with Gasteiger partial charge < -0.3 is 14.5 Å². The lowest BCUT2D eigenvalue weighted by molar-refractivity contribution is 0.202. The van der Waals surface area contributed by atoms with Gasteiger partial charge >= 0.3 is 0 Å². The fourth-order valence-corrected chi connectivity index (χ4v) is 4.43. The second kappa shape index (κ2) is 7.93. The maximum atomic E-state index is 13.6. The van der Waals surface area contributed by atoms with Crippen LogP contribution in [0.5, 0.6) is 0 Å². The summed E-state index contributed by atoms with van der Waals surface area (Å²) in [6.45, 7) is 4.27. The maximum Gasteiger partial charge on any atom is 0.264 e. The Balaban J connectivity index is 2.41. The number of rotatable bonds is 7. The minimum Gasteiger partial charge on any atom is -0.378 e. The number of pyridine rings is 1. The number of anilines is 1. The molecule has 1 aromatic heterocycles. The highest BCUT2D eigenvalue weighted by molar-refractivity contribution is 7.67. The number of hydrogen-bond acceptors (Lipinski definition) is 5. The number of nitrogens with zero attached hydrogens (tertiary/aromatic N) is 2. The fourth-order valence-electron chi connectivity index (χ4n) is 2.23. The number of aliphatic hydroxyl groups is 1. The molecule has 0 aliphatic carbocycles. The van der Waals surface area contributed by atoms with Crippen molar-refractivity contribution in [2.45, 2.75) is 19.7 Å². The third kappa shape index (κ3) is 4.23. The van der Waals surface area contributed by atoms with Gasteiger partial charge in [0, 0.05) is 43.0 Å². The van der Waals surface area contributed by atoms with E-state index >= 15 is 0 Å². The van der Waals surface area contributed by atoms with Crippen LogP contribution in [0.4, 0.5) is 5.69 Å². The third-order valence-corrected chi connectivity index (χ3v) is 6.12. The van der Waals surface area contributed by atoms with Crippen molar-refractivity contribution in [2.75, 3.05) is 25.6 Å². The van der Waals surface area contributed by atoms with E-state index in [4.69, 9.17) is 4.52 Å². The van der Waals surface area contributed by atoms with Crippen molar-refractivity contribution in [2.24, 2.45) is 5.92 Å². The lowest BCUT2D eigenvalue weighted by Gasteiger charge is -2.25. The quantitative estimate of drug-likeness (QED) is 0.777. The molecule has 0 spiro atoms. The second-order valence-corrected chi connectivity index (χ2v) is 8.82. The molecule has 0 aliphatic rings. The smallest absolute Gasteiger partial charge is 0.264 e. The predicted octanol–water partition coefficient (Wildman–Crippen LogP) is 3.41. The first-order chi connectivity index (χ1) is 11.3. The molecular weight excluding hydrogens is 323 g/mol. The average Bonchev–Trinajstić information content (AvgIpc) is 2.59. The lowest BCUT2D eigenvalue weighted by Crippen LogP contribution is -2.17. The Morgan fingerprint density at radius 1 is 1.21 bits per heavy atom. The second-order valence-electron chi connectivity index (χ2n) is 6.36. The standard InChI is InChI=1S/C18H25N2O3P/c1-14(2)13-23-24(22,18(21)15-6-5-11-19-12-15)17-9-7-16(8-10-17)20(3)4/h5-12,14,18,21H,13H2,1-4H3/t18-,24-/m0/s1. The first kappa shape index (κ1) is 18.7. The molecule has 24 heavy (non-hydrogen) atoms. The molecule has 0 fully saturated rings. The van der Waals surface area contributed by atoms with Crippen molar-refractivity contribution in [3.05, 3.63) is 54.4 Å². The monoisotopic (exact) mass is 348 g/mol. The zero-order chi connectivity index (χ0) is 17.7. The molecule has 1 heterocycles. The summed E-state index contributed by atoms with van der Waals surface area (Å²) in [4.78, 5) is 5.96. The van der Waals surface area contributed by atoms with Crippen molar-refractivity contribution in [1.29, 1.82) is 0 Å². The molecule has 0 unspecified atom stereocenters. The van der Waals surface area contributed by atoms with E-state index in [0.29, 0.717) is 17.5 Å². The number of aromatic nitrogens is 1. The van der Waals surface area contributed by atoms with Crippen LogP contribution in [0.2, 0.25) is 0 Å². The van der Waals surface area contributed by atoms with E-state index in [0.717, 1.165) is 5.69 Å². The highest BCUT2D eigenvalue weighted by Crippen LogP contribution is 2.57. The molecule has 130 valence electrons. The van der Waals surface area contributed by atoms with Gasteiger partial charge in [0.1, 0.15) is 0 Å². The summed E-state index contributed by atoms with van der Waals surface area (Å²) in [5.74, 6) is -1.03. The first-order valence-corrected chi connectivity index (χ1v) is 9.64. The van der Waals surface area contributed by atoms with E-state index in [1.165, 1.54) is 6.20 Å². The SMILES string of the molecule is CC(C)CO[P@@](=O)(c1ccc(N(C)C)cc1)[C@H](O)c1cccnc1. The molecule has 2 atom stereocenters. The van der Waals surface area contributed by atoms with E-state index in [-0.39, 0.29) is 5.92 Å². The van der Waals surface area contributed by atoms with Crippen LogP contribution in [0.15, 0.2) is 48.8 Å². The van der Waals surface area contributed by atoms with Gasteiger partial charge in [0.15, 0.2) is 5.85 Å². The Kier molecular flexibility index (Phi) is 6.16. The molecule has 0 bridgehead atoms. The molecule has 5 nitrogen and oxygen atoms in total. The molecular formula is C18H25N2O3P. The van der Waals surface area contributed by atoms with Crippen molar-refractivity contribution in [3.63, 3.8) is 0 Å². The average molecular weight is 348 g/mol. The topological polar surface area (TPSA) is 62.7 Å². The Hall–Kier alpha value is -1.68. The summed E-state index contributed by atoms with van der Waals surface area (Å²) in [6, 6.07) is 10.7. The van der Waals surface area contributed by atoms with Crippen LogP contribution in [-0.2, 0) is 9.09 Å². The predicted molar refractivity (Wildman–Crippen MR) is 98.0 cm³/mol. The van der Waals surface area contributed by atoms with Crippen LogP contribution in [0, 0.1) is 5.92 Å². The highest BCUT2D eigenvalue weighted by atomic mass is 31.2. The lowest BCUT2D eigenvalue weighted by atomic mass is 10.2. The maximum absolute atomic E-state index is 13.6. The van der Waals surface area contributed by atoms with Crippen LogP contribution in [-0.4, -0.2) is 30.8 Å².